The Morgan fingerprint density at radius 2 is 1.82 bits per heavy atom. The van der Waals surface area contributed by atoms with Gasteiger partial charge in [-0.05, 0) is 30.0 Å². The van der Waals surface area contributed by atoms with Crippen LogP contribution < -0.4 is 5.32 Å². The highest BCUT2D eigenvalue weighted by Crippen LogP contribution is 2.26. The molecule has 1 heterocycles. The molecule has 2 aromatic carbocycles. The Balaban J connectivity index is 1.58. The lowest BCUT2D eigenvalue weighted by molar-refractivity contribution is -0.119. The van der Waals surface area contributed by atoms with Crippen LogP contribution in [-0.2, 0) is 9.53 Å². The molecule has 0 radical (unpaired) electrons. The topological polar surface area (TPSA) is 84.1 Å². The first-order valence-electron chi connectivity index (χ1n) is 9.25. The molecule has 0 bridgehead atoms. The molecular formula is C22H23N3O3. The number of aromatic amines is 1. The van der Waals surface area contributed by atoms with Crippen LogP contribution in [0, 0.1) is 0 Å². The van der Waals surface area contributed by atoms with Crippen LogP contribution in [0.25, 0.3) is 11.3 Å². The van der Waals surface area contributed by atoms with Crippen molar-refractivity contribution in [1.29, 1.82) is 0 Å². The summed E-state index contributed by atoms with van der Waals surface area (Å²) in [6, 6.07) is 18.7. The van der Waals surface area contributed by atoms with Crippen LogP contribution in [0.15, 0.2) is 60.7 Å². The molecule has 144 valence electrons. The molecule has 0 unspecified atom stereocenters. The van der Waals surface area contributed by atoms with Gasteiger partial charge in [0.1, 0.15) is 5.69 Å². The number of carbonyl (C=O) groups is 2. The quantitative estimate of drug-likeness (QED) is 0.598. The molecule has 0 fully saturated rings. The normalized spacial score (nSPS) is 11.6. The number of rotatable bonds is 7. The van der Waals surface area contributed by atoms with E-state index in [1.54, 1.807) is 6.07 Å². The Bertz CT molecular complexity index is 950. The van der Waals surface area contributed by atoms with Crippen molar-refractivity contribution in [2.75, 3.05) is 11.9 Å². The Morgan fingerprint density at radius 1 is 1.11 bits per heavy atom. The third-order valence-electron chi connectivity index (χ3n) is 4.58. The summed E-state index contributed by atoms with van der Waals surface area (Å²) in [5.74, 6) is -0.688. The van der Waals surface area contributed by atoms with Crippen molar-refractivity contribution in [3.05, 3.63) is 71.9 Å². The molecule has 2 N–H and O–H groups in total. The molecule has 1 amide bonds. The Kier molecular flexibility index (Phi) is 6.22. The van der Waals surface area contributed by atoms with Crippen molar-refractivity contribution >= 4 is 17.6 Å². The van der Waals surface area contributed by atoms with Crippen LogP contribution >= 0.6 is 0 Å². The average molecular weight is 377 g/mol. The Labute approximate surface area is 163 Å². The van der Waals surface area contributed by atoms with E-state index in [0.717, 1.165) is 23.2 Å². The van der Waals surface area contributed by atoms with Crippen LogP contribution in [0.4, 0.5) is 5.69 Å². The number of nitrogens with one attached hydrogen (secondary N) is 2. The molecule has 1 aromatic heterocycles. The van der Waals surface area contributed by atoms with Crippen molar-refractivity contribution in [3.63, 3.8) is 0 Å². The van der Waals surface area contributed by atoms with Crippen LogP contribution in [0.5, 0.6) is 0 Å². The first-order valence-corrected chi connectivity index (χ1v) is 9.25. The maximum Gasteiger partial charge on any atom is 0.356 e. The van der Waals surface area contributed by atoms with Gasteiger partial charge in [0.2, 0.25) is 0 Å². The SMILES string of the molecule is CC[C@@H](C)c1ccccc1NC(=O)COC(=O)c1cc(-c2ccccc2)n[nH]1. The second-order valence-corrected chi connectivity index (χ2v) is 6.55. The van der Waals surface area contributed by atoms with Gasteiger partial charge in [0.05, 0.1) is 5.69 Å². The number of ether oxygens (including phenoxy) is 1. The minimum atomic E-state index is -0.625. The van der Waals surface area contributed by atoms with E-state index in [1.165, 1.54) is 0 Å². The molecule has 6 heteroatoms. The van der Waals surface area contributed by atoms with Crippen molar-refractivity contribution in [3.8, 4) is 11.3 Å². The van der Waals surface area contributed by atoms with Crippen LogP contribution in [-0.4, -0.2) is 28.7 Å². The van der Waals surface area contributed by atoms with E-state index in [1.807, 2.05) is 54.6 Å². The number of H-pyrrole nitrogens is 1. The number of anilines is 1. The number of nitrogens with zero attached hydrogens (tertiary/aromatic N) is 1. The molecule has 0 saturated heterocycles. The van der Waals surface area contributed by atoms with E-state index in [2.05, 4.69) is 29.4 Å². The summed E-state index contributed by atoms with van der Waals surface area (Å²) in [5.41, 5.74) is 3.53. The van der Waals surface area contributed by atoms with Crippen molar-refractivity contribution in [1.82, 2.24) is 10.2 Å². The summed E-state index contributed by atoms with van der Waals surface area (Å²) in [6.07, 6.45) is 0.964. The molecule has 0 spiro atoms. The fourth-order valence-electron chi connectivity index (χ4n) is 2.84. The Hall–Kier alpha value is -3.41. The summed E-state index contributed by atoms with van der Waals surface area (Å²) < 4.78 is 5.12. The first-order chi connectivity index (χ1) is 13.6. The first kappa shape index (κ1) is 19.4. The van der Waals surface area contributed by atoms with E-state index in [9.17, 15) is 9.59 Å². The monoisotopic (exact) mass is 377 g/mol. The molecule has 3 rings (SSSR count). The standard InChI is InChI=1S/C22H23N3O3/c1-3-15(2)17-11-7-8-12-18(17)23-21(26)14-28-22(27)20-13-19(24-25-20)16-9-5-4-6-10-16/h4-13,15H,3,14H2,1-2H3,(H,23,26)(H,24,25)/t15-/m1/s1. The maximum atomic E-state index is 12.2. The molecule has 0 aliphatic heterocycles. The maximum absolute atomic E-state index is 12.2. The second-order valence-electron chi connectivity index (χ2n) is 6.55. The van der Waals surface area contributed by atoms with Gasteiger partial charge >= 0.3 is 5.97 Å². The van der Waals surface area contributed by atoms with E-state index < -0.39 is 5.97 Å². The zero-order valence-electron chi connectivity index (χ0n) is 15.9. The molecule has 1 atom stereocenters. The number of amides is 1. The number of benzene rings is 2. The lowest BCUT2D eigenvalue weighted by Gasteiger charge is -2.15. The van der Waals surface area contributed by atoms with Gasteiger partial charge in [0.25, 0.3) is 5.91 Å². The average Bonchev–Trinajstić information content (AvgIpc) is 3.23. The molecular weight excluding hydrogens is 354 g/mol. The van der Waals surface area contributed by atoms with E-state index in [4.69, 9.17) is 4.74 Å². The van der Waals surface area contributed by atoms with Crippen LogP contribution in [0.2, 0.25) is 0 Å². The highest BCUT2D eigenvalue weighted by molar-refractivity contribution is 5.95. The Morgan fingerprint density at radius 3 is 2.57 bits per heavy atom. The number of esters is 1. The van der Waals surface area contributed by atoms with Gasteiger partial charge in [-0.1, -0.05) is 62.4 Å². The fourth-order valence-corrected chi connectivity index (χ4v) is 2.84. The van der Waals surface area contributed by atoms with Crippen LogP contribution in [0.1, 0.15) is 42.2 Å². The minimum absolute atomic E-state index is 0.201. The third-order valence-corrected chi connectivity index (χ3v) is 4.58. The van der Waals surface area contributed by atoms with Gasteiger partial charge in [0, 0.05) is 11.3 Å². The van der Waals surface area contributed by atoms with Gasteiger partial charge in [-0.25, -0.2) is 4.79 Å². The zero-order valence-corrected chi connectivity index (χ0v) is 15.9. The predicted molar refractivity (Wildman–Crippen MR) is 108 cm³/mol. The van der Waals surface area contributed by atoms with Crippen molar-refractivity contribution < 1.29 is 14.3 Å². The number of aromatic nitrogens is 2. The summed E-state index contributed by atoms with van der Waals surface area (Å²) in [4.78, 5) is 24.4. The smallest absolute Gasteiger partial charge is 0.356 e. The minimum Gasteiger partial charge on any atom is -0.451 e. The fraction of sp³-hybridized carbons (Fsp3) is 0.227. The summed E-state index contributed by atoms with van der Waals surface area (Å²) in [5, 5.41) is 9.59. The van der Waals surface area contributed by atoms with Gasteiger partial charge in [-0.2, -0.15) is 5.10 Å². The molecule has 0 aliphatic carbocycles. The largest absolute Gasteiger partial charge is 0.451 e. The zero-order chi connectivity index (χ0) is 19.9. The number of hydrogen-bond acceptors (Lipinski definition) is 4. The van der Waals surface area contributed by atoms with Crippen molar-refractivity contribution in [2.24, 2.45) is 0 Å². The highest BCUT2D eigenvalue weighted by Gasteiger charge is 2.15. The molecule has 0 saturated carbocycles. The summed E-state index contributed by atoms with van der Waals surface area (Å²) in [6.45, 7) is 3.83. The van der Waals surface area contributed by atoms with Crippen molar-refractivity contribution in [2.45, 2.75) is 26.2 Å². The van der Waals surface area contributed by atoms with E-state index in [0.29, 0.717) is 11.6 Å². The van der Waals surface area contributed by atoms with Gasteiger partial charge < -0.3 is 10.1 Å². The lowest BCUT2D eigenvalue weighted by Crippen LogP contribution is -2.22. The van der Waals surface area contributed by atoms with Gasteiger partial charge in [0.15, 0.2) is 6.61 Å². The van der Waals surface area contributed by atoms with Gasteiger partial charge in [-0.15, -0.1) is 0 Å². The predicted octanol–water partition coefficient (Wildman–Crippen LogP) is 4.39. The third kappa shape index (κ3) is 4.65. The lowest BCUT2D eigenvalue weighted by atomic mass is 9.97. The van der Waals surface area contributed by atoms with E-state index in [-0.39, 0.29) is 18.2 Å². The number of hydrogen-bond donors (Lipinski definition) is 2. The summed E-state index contributed by atoms with van der Waals surface area (Å²) in [7, 11) is 0. The number of para-hydroxylation sites is 1. The summed E-state index contributed by atoms with van der Waals surface area (Å²) >= 11 is 0. The van der Waals surface area contributed by atoms with Gasteiger partial charge in [-0.3, -0.25) is 9.89 Å². The van der Waals surface area contributed by atoms with Crippen LogP contribution in [0.3, 0.4) is 0 Å². The molecule has 3 aromatic rings. The second kappa shape index (κ2) is 8.99. The van der Waals surface area contributed by atoms with E-state index >= 15 is 0 Å². The highest BCUT2D eigenvalue weighted by atomic mass is 16.5. The number of carbonyl (C=O) groups excluding carboxylic acids is 2. The molecule has 28 heavy (non-hydrogen) atoms. The molecule has 6 nitrogen and oxygen atoms in total. The molecule has 0 aliphatic rings.